The van der Waals surface area contributed by atoms with Crippen LogP contribution in [0.4, 0.5) is 0 Å². The molecule has 3 N–H and O–H groups in total. The zero-order valence-electron chi connectivity index (χ0n) is 32.0. The Morgan fingerprint density at radius 3 is 1.53 bits per heavy atom. The molecule has 0 aromatic heterocycles. The summed E-state index contributed by atoms with van der Waals surface area (Å²) >= 11 is 0. The van der Waals surface area contributed by atoms with Crippen LogP contribution >= 0.6 is 0 Å². The summed E-state index contributed by atoms with van der Waals surface area (Å²) in [4.78, 5) is 30.3. The molecule has 1 aliphatic carbocycles. The number of phenolic OH excluding ortho intramolecular Hbond substituents is 1. The van der Waals surface area contributed by atoms with E-state index in [4.69, 9.17) is 9.47 Å². The van der Waals surface area contributed by atoms with Crippen LogP contribution in [0, 0.1) is 25.2 Å². The highest BCUT2D eigenvalue weighted by Gasteiger charge is 2.57. The molecule has 0 radical (unpaired) electrons. The maximum Gasteiger partial charge on any atom is 0.324 e. The number of phenols is 1. The minimum Gasteiger partial charge on any atom is -0.507 e. The topological polar surface area (TPSA) is 96.9 Å². The smallest absolute Gasteiger partial charge is 0.324 e. The normalized spacial score (nSPS) is 23.7. The predicted molar refractivity (Wildman–Crippen MR) is 190 cm³/mol. The molecule has 0 bridgehead atoms. The number of hydrogen-bond acceptors (Lipinski definition) is 7. The summed E-state index contributed by atoms with van der Waals surface area (Å²) in [5.41, 5.74) is 0.698. The van der Waals surface area contributed by atoms with Gasteiger partial charge in [-0.3, -0.25) is 9.59 Å². The van der Waals surface area contributed by atoms with Crippen LogP contribution < -0.4 is 10.6 Å². The van der Waals surface area contributed by atoms with E-state index in [1.165, 1.54) is 0 Å². The number of nitrogens with one attached hydrogen (secondary N) is 2. The summed E-state index contributed by atoms with van der Waals surface area (Å²) in [6.07, 6.45) is 6.79. The van der Waals surface area contributed by atoms with Crippen molar-refractivity contribution in [2.45, 2.75) is 194 Å². The Morgan fingerprint density at radius 1 is 0.745 bits per heavy atom. The molecule has 4 rings (SSSR count). The Bertz CT molecular complexity index is 1240. The van der Waals surface area contributed by atoms with Gasteiger partial charge < -0.3 is 25.2 Å². The van der Waals surface area contributed by atoms with Gasteiger partial charge in [-0.05, 0) is 122 Å². The predicted octanol–water partition coefficient (Wildman–Crippen LogP) is 8.12. The SMILES string of the molecule is Cc1c(CC(C(=O)OC2CC(C)(C)NC(C)(C)C2)(C(=O)OC2CC(C)(C)NC(C)(C)C2)C2CCCCC2)cc(C(C)(C)C)c(O)c1C. The van der Waals surface area contributed by atoms with E-state index in [0.717, 1.165) is 54.4 Å². The zero-order chi connectivity index (χ0) is 35.4. The van der Waals surface area contributed by atoms with E-state index in [9.17, 15) is 5.11 Å². The number of esters is 2. The lowest BCUT2D eigenvalue weighted by molar-refractivity contribution is -0.189. The van der Waals surface area contributed by atoms with Gasteiger partial charge >= 0.3 is 11.9 Å². The summed E-state index contributed by atoms with van der Waals surface area (Å²) in [7, 11) is 0. The van der Waals surface area contributed by atoms with Crippen LogP contribution in [-0.2, 0) is 30.9 Å². The number of carbonyl (C=O) groups is 2. The molecule has 2 heterocycles. The highest BCUT2D eigenvalue weighted by atomic mass is 16.6. The lowest BCUT2D eigenvalue weighted by Crippen LogP contribution is -2.61. The Morgan fingerprint density at radius 2 is 1.15 bits per heavy atom. The van der Waals surface area contributed by atoms with Crippen molar-refractivity contribution < 1.29 is 24.2 Å². The number of aromatic hydroxyl groups is 1. The van der Waals surface area contributed by atoms with Crippen LogP contribution in [-0.4, -0.2) is 51.4 Å². The number of carbonyl (C=O) groups excluding carboxylic acids is 2. The van der Waals surface area contributed by atoms with Gasteiger partial charge in [-0.1, -0.05) is 46.1 Å². The quantitative estimate of drug-likeness (QED) is 0.202. The summed E-state index contributed by atoms with van der Waals surface area (Å²) in [6, 6.07) is 2.03. The molecule has 47 heavy (non-hydrogen) atoms. The molecule has 0 spiro atoms. The van der Waals surface area contributed by atoms with Gasteiger partial charge in [0.05, 0.1) is 0 Å². The molecule has 0 unspecified atom stereocenters. The van der Waals surface area contributed by atoms with E-state index in [2.05, 4.69) is 86.8 Å². The average molecular weight is 655 g/mol. The molecule has 2 saturated heterocycles. The van der Waals surface area contributed by atoms with Crippen molar-refractivity contribution in [1.82, 2.24) is 10.6 Å². The van der Waals surface area contributed by atoms with Crippen molar-refractivity contribution in [3.8, 4) is 5.75 Å². The second-order valence-electron chi connectivity index (χ2n) is 19.1. The van der Waals surface area contributed by atoms with E-state index in [1.807, 2.05) is 19.9 Å². The van der Waals surface area contributed by atoms with Crippen molar-refractivity contribution in [2.75, 3.05) is 0 Å². The molecular formula is C40H66N2O5. The maximum absolute atomic E-state index is 15.1. The second kappa shape index (κ2) is 13.0. The van der Waals surface area contributed by atoms with Gasteiger partial charge in [0, 0.05) is 47.8 Å². The Kier molecular flexibility index (Phi) is 10.4. The Hall–Kier alpha value is -2.12. The van der Waals surface area contributed by atoms with Gasteiger partial charge in [0.1, 0.15) is 18.0 Å². The zero-order valence-corrected chi connectivity index (χ0v) is 32.0. The summed E-state index contributed by atoms with van der Waals surface area (Å²) < 4.78 is 13.2. The van der Waals surface area contributed by atoms with Gasteiger partial charge in [-0.25, -0.2) is 0 Å². The average Bonchev–Trinajstić information content (AvgIpc) is 2.87. The third-order valence-electron chi connectivity index (χ3n) is 11.1. The van der Waals surface area contributed by atoms with Crippen molar-refractivity contribution in [2.24, 2.45) is 11.3 Å². The molecule has 0 amide bonds. The van der Waals surface area contributed by atoms with Gasteiger partial charge in [0.25, 0.3) is 0 Å². The van der Waals surface area contributed by atoms with Crippen molar-refractivity contribution in [3.05, 3.63) is 28.3 Å². The van der Waals surface area contributed by atoms with Crippen molar-refractivity contribution >= 4 is 11.9 Å². The molecule has 3 fully saturated rings. The number of rotatable bonds is 7. The third-order valence-corrected chi connectivity index (χ3v) is 11.1. The first-order valence-corrected chi connectivity index (χ1v) is 18.2. The molecular weight excluding hydrogens is 588 g/mol. The highest BCUT2D eigenvalue weighted by Crippen LogP contribution is 2.47. The Balaban J connectivity index is 1.86. The first-order chi connectivity index (χ1) is 21.4. The number of hydrogen-bond donors (Lipinski definition) is 3. The second-order valence-corrected chi connectivity index (χ2v) is 19.1. The van der Waals surface area contributed by atoms with E-state index in [1.54, 1.807) is 0 Å². The maximum atomic E-state index is 15.1. The van der Waals surface area contributed by atoms with Crippen LogP contribution in [0.15, 0.2) is 6.07 Å². The summed E-state index contributed by atoms with van der Waals surface area (Å²) in [5.74, 6) is -0.801. The molecule has 1 aromatic rings. The van der Waals surface area contributed by atoms with E-state index in [0.29, 0.717) is 25.7 Å². The van der Waals surface area contributed by atoms with Gasteiger partial charge in [0.2, 0.25) is 0 Å². The van der Waals surface area contributed by atoms with Crippen LogP contribution in [0.3, 0.4) is 0 Å². The van der Waals surface area contributed by atoms with Crippen LogP contribution in [0.2, 0.25) is 0 Å². The lowest BCUT2D eigenvalue weighted by Gasteiger charge is -2.48. The monoisotopic (exact) mass is 654 g/mol. The van der Waals surface area contributed by atoms with Crippen LogP contribution in [0.5, 0.6) is 5.75 Å². The minimum absolute atomic E-state index is 0.195. The first-order valence-electron chi connectivity index (χ1n) is 18.2. The first kappa shape index (κ1) is 37.7. The molecule has 266 valence electrons. The molecule has 2 aliphatic heterocycles. The van der Waals surface area contributed by atoms with E-state index >= 15 is 9.59 Å². The lowest BCUT2D eigenvalue weighted by atomic mass is 9.64. The summed E-state index contributed by atoms with van der Waals surface area (Å²) in [5, 5.41) is 18.6. The molecule has 1 aromatic carbocycles. The molecule has 0 atom stereocenters. The minimum atomic E-state index is -1.50. The standard InChI is InChI=1S/C40H66N2O5/c1-25-26(2)32(43)31(35(3,4)5)19-27(25)20-40(28-17-15-14-16-18-28,33(44)46-29-21-36(6,7)41-37(8,9)22-29)34(45)47-30-23-38(10,11)42-39(12,13)24-30/h19,28-30,41-43H,14-18,20-24H2,1-13H3. The molecule has 7 nitrogen and oxygen atoms in total. The molecule has 3 aliphatic rings. The fourth-order valence-electron chi connectivity index (χ4n) is 9.46. The molecule has 7 heteroatoms. The van der Waals surface area contributed by atoms with E-state index < -0.39 is 17.4 Å². The van der Waals surface area contributed by atoms with Crippen molar-refractivity contribution in [3.63, 3.8) is 0 Å². The number of piperidine rings is 2. The molecule has 1 saturated carbocycles. The third kappa shape index (κ3) is 8.55. The van der Waals surface area contributed by atoms with Crippen LogP contribution in [0.1, 0.15) is 156 Å². The number of benzene rings is 1. The van der Waals surface area contributed by atoms with Gasteiger partial charge in [-0.2, -0.15) is 0 Å². The fourth-order valence-corrected chi connectivity index (χ4v) is 9.46. The Labute approximate surface area is 285 Å². The fraction of sp³-hybridized carbons (Fsp3) is 0.800. The van der Waals surface area contributed by atoms with Crippen LogP contribution in [0.25, 0.3) is 0 Å². The van der Waals surface area contributed by atoms with Gasteiger partial charge in [-0.15, -0.1) is 0 Å². The largest absolute Gasteiger partial charge is 0.507 e. The number of ether oxygens (including phenoxy) is 2. The van der Waals surface area contributed by atoms with Crippen molar-refractivity contribution in [1.29, 1.82) is 0 Å². The van der Waals surface area contributed by atoms with Gasteiger partial charge in [0.15, 0.2) is 5.41 Å². The summed E-state index contributed by atoms with van der Waals surface area (Å²) in [6.45, 7) is 27.4. The highest BCUT2D eigenvalue weighted by molar-refractivity contribution is 6.01. The van der Waals surface area contributed by atoms with E-state index in [-0.39, 0.29) is 57.9 Å².